The highest BCUT2D eigenvalue weighted by Crippen LogP contribution is 2.35. The highest BCUT2D eigenvalue weighted by Gasteiger charge is 2.42. The van der Waals surface area contributed by atoms with E-state index in [0.717, 1.165) is 16.7 Å². The lowest BCUT2D eigenvalue weighted by Gasteiger charge is -2.24. The molecule has 1 atom stereocenters. The molecular weight excluding hydrogens is 473 g/mol. The fourth-order valence-electron chi connectivity index (χ4n) is 4.53. The molecule has 4 heterocycles. The van der Waals surface area contributed by atoms with E-state index in [1.54, 1.807) is 15.3 Å². The van der Waals surface area contributed by atoms with Gasteiger partial charge in [0.15, 0.2) is 5.82 Å². The van der Waals surface area contributed by atoms with E-state index in [-0.39, 0.29) is 31.8 Å². The van der Waals surface area contributed by atoms with Crippen molar-refractivity contribution in [1.29, 1.82) is 0 Å². The predicted molar refractivity (Wildman–Crippen MR) is 126 cm³/mol. The van der Waals surface area contributed by atoms with E-state index in [1.165, 1.54) is 6.20 Å². The molecule has 36 heavy (non-hydrogen) atoms. The minimum absolute atomic E-state index is 0.00575. The molecule has 0 saturated carbocycles. The van der Waals surface area contributed by atoms with Crippen molar-refractivity contribution in [2.75, 3.05) is 5.73 Å². The maximum atomic E-state index is 13.1. The van der Waals surface area contributed by atoms with Gasteiger partial charge in [-0.1, -0.05) is 25.1 Å². The Labute approximate surface area is 204 Å². The molecule has 0 fully saturated rings. The number of hydrogen-bond donors (Lipinski definition) is 2. The highest BCUT2D eigenvalue weighted by atomic mass is 19.4. The van der Waals surface area contributed by atoms with E-state index in [0.29, 0.717) is 40.9 Å². The summed E-state index contributed by atoms with van der Waals surface area (Å²) in [6.45, 7) is 4.26. The first kappa shape index (κ1) is 23.8. The second-order valence-corrected chi connectivity index (χ2v) is 8.96. The van der Waals surface area contributed by atoms with Gasteiger partial charge >= 0.3 is 6.18 Å². The summed E-state index contributed by atoms with van der Waals surface area (Å²) in [6.07, 6.45) is -0.713. The number of hydrogen-bond acceptors (Lipinski definition) is 6. The number of carbonyl (C=O) groups excluding carboxylic acids is 1. The molecule has 1 unspecified atom stereocenters. The number of nitrogens with two attached hydrogens (primary N) is 1. The van der Waals surface area contributed by atoms with Crippen LogP contribution in [0.5, 0.6) is 0 Å². The lowest BCUT2D eigenvalue weighted by atomic mass is 9.98. The molecule has 3 aromatic heterocycles. The quantitative estimate of drug-likeness (QED) is 0.435. The van der Waals surface area contributed by atoms with Crippen LogP contribution in [0.3, 0.4) is 0 Å². The second kappa shape index (κ2) is 8.92. The number of imidazole rings is 1. The Bertz CT molecular complexity index is 1460. The summed E-state index contributed by atoms with van der Waals surface area (Å²) in [5, 5.41) is 7.36. The standard InChI is InChI=1S/C24H25F3N8O/c1-3-18-20(34-12-16(28)11-30-23(34)31-18)22(36)29-10-14-4-5-17(13(2)8-14)21-32-19-9-15(24(25,26)27)6-7-35(19)33-21/h4-5,8,11-12,15H,3,6-7,9-10,28H2,1-2H3,(H,29,36). The third kappa shape index (κ3) is 4.38. The molecule has 0 saturated heterocycles. The van der Waals surface area contributed by atoms with Gasteiger partial charge in [0, 0.05) is 31.3 Å². The lowest BCUT2D eigenvalue weighted by Crippen LogP contribution is -2.31. The number of aromatic nitrogens is 6. The molecule has 5 rings (SSSR count). The van der Waals surface area contributed by atoms with Crippen LogP contribution in [0.25, 0.3) is 17.2 Å². The summed E-state index contributed by atoms with van der Waals surface area (Å²) in [6, 6.07) is 5.58. The summed E-state index contributed by atoms with van der Waals surface area (Å²) < 4.78 is 42.5. The Hall–Kier alpha value is -3.96. The number of amides is 1. The molecule has 1 aliphatic heterocycles. The molecular formula is C24H25F3N8O. The average molecular weight is 499 g/mol. The number of aryl methyl sites for hydroxylation is 3. The van der Waals surface area contributed by atoms with Crippen LogP contribution < -0.4 is 11.1 Å². The van der Waals surface area contributed by atoms with Crippen LogP contribution in [0, 0.1) is 12.8 Å². The van der Waals surface area contributed by atoms with E-state index >= 15 is 0 Å². The number of nitrogens with one attached hydrogen (secondary N) is 1. The molecule has 9 nitrogen and oxygen atoms in total. The van der Waals surface area contributed by atoms with Crippen LogP contribution in [-0.4, -0.2) is 41.2 Å². The van der Waals surface area contributed by atoms with Gasteiger partial charge < -0.3 is 11.1 Å². The number of carbonyl (C=O) groups is 1. The largest absolute Gasteiger partial charge is 0.396 e. The highest BCUT2D eigenvalue weighted by molar-refractivity contribution is 5.94. The van der Waals surface area contributed by atoms with Crippen molar-refractivity contribution in [3.63, 3.8) is 0 Å². The van der Waals surface area contributed by atoms with E-state index in [2.05, 4.69) is 25.4 Å². The Morgan fingerprint density at radius 3 is 2.81 bits per heavy atom. The predicted octanol–water partition coefficient (Wildman–Crippen LogP) is 3.50. The van der Waals surface area contributed by atoms with Gasteiger partial charge in [0.2, 0.25) is 5.78 Å². The topological polar surface area (TPSA) is 116 Å². The number of fused-ring (bicyclic) bond motifs is 2. The average Bonchev–Trinajstić information content (AvgIpc) is 3.42. The van der Waals surface area contributed by atoms with Crippen molar-refractivity contribution in [3.05, 3.63) is 58.9 Å². The van der Waals surface area contributed by atoms with Crippen LogP contribution in [0.1, 0.15) is 46.5 Å². The SMILES string of the molecule is CCc1nc2ncc(N)cn2c1C(=O)NCc1ccc(-c2nc3n(n2)CCC(C(F)(F)F)C3)c(C)c1. The van der Waals surface area contributed by atoms with E-state index in [4.69, 9.17) is 5.73 Å². The van der Waals surface area contributed by atoms with Crippen LogP contribution in [0.2, 0.25) is 0 Å². The zero-order valence-electron chi connectivity index (χ0n) is 19.8. The van der Waals surface area contributed by atoms with Crippen LogP contribution in [0.15, 0.2) is 30.6 Å². The molecule has 3 N–H and O–H groups in total. The summed E-state index contributed by atoms with van der Waals surface area (Å²) >= 11 is 0. The van der Waals surface area contributed by atoms with Gasteiger partial charge in [-0.05, 0) is 30.9 Å². The number of anilines is 1. The Kier molecular flexibility index (Phi) is 5.89. The number of alkyl halides is 3. The first-order valence-corrected chi connectivity index (χ1v) is 11.6. The third-order valence-electron chi connectivity index (χ3n) is 6.44. The molecule has 0 radical (unpaired) electrons. The van der Waals surface area contributed by atoms with Crippen molar-refractivity contribution in [2.45, 2.75) is 52.4 Å². The van der Waals surface area contributed by atoms with Gasteiger partial charge in [0.05, 0.1) is 23.5 Å². The number of rotatable bonds is 5. The van der Waals surface area contributed by atoms with Crippen molar-refractivity contribution < 1.29 is 18.0 Å². The summed E-state index contributed by atoms with van der Waals surface area (Å²) in [4.78, 5) is 26.0. The molecule has 1 aliphatic rings. The van der Waals surface area contributed by atoms with E-state index in [1.807, 2.05) is 32.0 Å². The van der Waals surface area contributed by atoms with Crippen LogP contribution >= 0.6 is 0 Å². The lowest BCUT2D eigenvalue weighted by molar-refractivity contribution is -0.179. The number of nitrogen functional groups attached to an aromatic ring is 1. The van der Waals surface area contributed by atoms with Gasteiger partial charge in [-0.15, -0.1) is 0 Å². The Balaban J connectivity index is 1.32. The minimum atomic E-state index is -4.23. The molecule has 4 aromatic rings. The van der Waals surface area contributed by atoms with Crippen molar-refractivity contribution in [1.82, 2.24) is 34.4 Å². The molecule has 0 bridgehead atoms. The smallest absolute Gasteiger partial charge is 0.392 e. The molecule has 0 aliphatic carbocycles. The summed E-state index contributed by atoms with van der Waals surface area (Å²) in [5.74, 6) is -0.518. The van der Waals surface area contributed by atoms with Crippen LogP contribution in [-0.2, 0) is 25.9 Å². The van der Waals surface area contributed by atoms with Crippen molar-refractivity contribution >= 4 is 17.4 Å². The maximum absolute atomic E-state index is 13.1. The van der Waals surface area contributed by atoms with Crippen molar-refractivity contribution in [2.24, 2.45) is 5.92 Å². The fourth-order valence-corrected chi connectivity index (χ4v) is 4.53. The van der Waals surface area contributed by atoms with E-state index < -0.39 is 12.1 Å². The number of halogens is 3. The first-order chi connectivity index (χ1) is 17.1. The zero-order chi connectivity index (χ0) is 25.6. The molecule has 188 valence electrons. The summed E-state index contributed by atoms with van der Waals surface area (Å²) in [5.41, 5.74) is 9.74. The first-order valence-electron chi connectivity index (χ1n) is 11.6. The van der Waals surface area contributed by atoms with Gasteiger partial charge in [0.25, 0.3) is 5.91 Å². The second-order valence-electron chi connectivity index (χ2n) is 8.96. The normalized spacial score (nSPS) is 15.8. The van der Waals surface area contributed by atoms with Gasteiger partial charge in [0.1, 0.15) is 11.5 Å². The Morgan fingerprint density at radius 1 is 1.28 bits per heavy atom. The zero-order valence-corrected chi connectivity index (χ0v) is 19.8. The van der Waals surface area contributed by atoms with Gasteiger partial charge in [-0.2, -0.15) is 18.3 Å². The third-order valence-corrected chi connectivity index (χ3v) is 6.44. The minimum Gasteiger partial charge on any atom is -0.396 e. The van der Waals surface area contributed by atoms with Crippen LogP contribution in [0.4, 0.5) is 18.9 Å². The van der Waals surface area contributed by atoms with Gasteiger partial charge in [-0.3, -0.25) is 9.20 Å². The monoisotopic (exact) mass is 498 g/mol. The van der Waals surface area contributed by atoms with E-state index in [9.17, 15) is 18.0 Å². The molecule has 1 aromatic carbocycles. The fraction of sp³-hybridized carbons (Fsp3) is 0.375. The summed E-state index contributed by atoms with van der Waals surface area (Å²) in [7, 11) is 0. The molecule has 1 amide bonds. The maximum Gasteiger partial charge on any atom is 0.392 e. The number of nitrogens with zero attached hydrogens (tertiary/aromatic N) is 6. The van der Waals surface area contributed by atoms with Crippen molar-refractivity contribution in [3.8, 4) is 11.4 Å². The molecule has 12 heteroatoms. The Morgan fingerprint density at radius 2 is 2.08 bits per heavy atom. The molecule has 0 spiro atoms. The number of benzene rings is 1. The van der Waals surface area contributed by atoms with Gasteiger partial charge in [-0.25, -0.2) is 19.6 Å².